The highest BCUT2D eigenvalue weighted by atomic mass is 16.5. The molecule has 90 valence electrons. The van der Waals surface area contributed by atoms with E-state index >= 15 is 0 Å². The zero-order valence-corrected chi connectivity index (χ0v) is 9.82. The molecule has 0 atom stereocenters. The van der Waals surface area contributed by atoms with Crippen molar-refractivity contribution in [2.24, 2.45) is 0 Å². The Morgan fingerprint density at radius 2 is 2.06 bits per heavy atom. The number of aryl methyl sites for hydroxylation is 1. The molecule has 16 heavy (non-hydrogen) atoms. The molecule has 1 N–H and O–H groups in total. The fourth-order valence-corrected chi connectivity index (χ4v) is 1.47. The first-order valence-electron chi connectivity index (χ1n) is 5.69. The highest BCUT2D eigenvalue weighted by Crippen LogP contribution is 1.96. The van der Waals surface area contributed by atoms with Crippen molar-refractivity contribution in [1.29, 1.82) is 0 Å². The summed E-state index contributed by atoms with van der Waals surface area (Å²) < 4.78 is 6.98. The molecule has 0 radical (unpaired) electrons. The number of carbonyl (C=O) groups is 1. The average molecular weight is 224 g/mol. The Morgan fingerprint density at radius 3 is 2.75 bits per heavy atom. The van der Waals surface area contributed by atoms with Gasteiger partial charge in [0.2, 0.25) is 5.91 Å². The second-order valence-electron chi connectivity index (χ2n) is 3.72. The van der Waals surface area contributed by atoms with Gasteiger partial charge in [-0.2, -0.15) is 0 Å². The van der Waals surface area contributed by atoms with E-state index in [2.05, 4.69) is 9.88 Å². The lowest BCUT2D eigenvalue weighted by Crippen LogP contribution is -2.25. The highest BCUT2D eigenvalue weighted by molar-refractivity contribution is 5.75. The van der Waals surface area contributed by atoms with Crippen molar-refractivity contribution in [2.75, 3.05) is 20.3 Å². The highest BCUT2D eigenvalue weighted by Gasteiger charge is 2.00. The lowest BCUT2D eigenvalue weighted by molar-refractivity contribution is -0.121. The van der Waals surface area contributed by atoms with Crippen LogP contribution in [0, 0.1) is 0 Å². The van der Waals surface area contributed by atoms with Crippen molar-refractivity contribution in [3.8, 4) is 0 Å². The lowest BCUT2D eigenvalue weighted by Gasteiger charge is -2.05. The lowest BCUT2D eigenvalue weighted by atomic mass is 10.3. The van der Waals surface area contributed by atoms with E-state index in [0.29, 0.717) is 19.6 Å². The number of methoxy groups -OCH3 is 1. The molecule has 0 aliphatic heterocycles. The molecule has 0 bridgehead atoms. The number of ether oxygens (including phenoxy) is 1. The molecule has 1 aromatic rings. The van der Waals surface area contributed by atoms with E-state index in [1.165, 1.54) is 0 Å². The van der Waals surface area contributed by atoms with E-state index in [1.807, 2.05) is 24.5 Å². The molecule has 0 saturated carbocycles. The first kappa shape index (κ1) is 12.8. The summed E-state index contributed by atoms with van der Waals surface area (Å²) in [6.45, 7) is 2.30. The molecule has 4 heteroatoms. The van der Waals surface area contributed by atoms with Gasteiger partial charge in [-0.05, 0) is 25.0 Å². The van der Waals surface area contributed by atoms with Gasteiger partial charge < -0.3 is 14.6 Å². The van der Waals surface area contributed by atoms with Crippen molar-refractivity contribution in [2.45, 2.75) is 25.8 Å². The zero-order chi connectivity index (χ0) is 11.6. The molecule has 4 nitrogen and oxygen atoms in total. The van der Waals surface area contributed by atoms with Gasteiger partial charge in [0.15, 0.2) is 0 Å². The Balaban J connectivity index is 1.98. The van der Waals surface area contributed by atoms with Crippen LogP contribution in [-0.4, -0.2) is 30.7 Å². The molecule has 1 rings (SSSR count). The van der Waals surface area contributed by atoms with Gasteiger partial charge >= 0.3 is 0 Å². The van der Waals surface area contributed by atoms with Gasteiger partial charge in [0.25, 0.3) is 0 Å². The fourth-order valence-electron chi connectivity index (χ4n) is 1.47. The second kappa shape index (κ2) is 7.93. The van der Waals surface area contributed by atoms with Gasteiger partial charge in [0.1, 0.15) is 0 Å². The number of hydrogen-bond donors (Lipinski definition) is 1. The van der Waals surface area contributed by atoms with E-state index < -0.39 is 0 Å². The van der Waals surface area contributed by atoms with Gasteiger partial charge in [-0.1, -0.05) is 0 Å². The largest absolute Gasteiger partial charge is 0.385 e. The molecule has 0 aliphatic rings. The average Bonchev–Trinajstić information content (AvgIpc) is 2.77. The predicted octanol–water partition coefficient (Wildman–Crippen LogP) is 1.42. The minimum absolute atomic E-state index is 0.128. The number of nitrogens with one attached hydrogen (secondary N) is 1. The van der Waals surface area contributed by atoms with Crippen LogP contribution in [0.2, 0.25) is 0 Å². The topological polar surface area (TPSA) is 43.3 Å². The third-order valence-electron chi connectivity index (χ3n) is 2.33. The molecule has 0 spiro atoms. The summed E-state index contributed by atoms with van der Waals surface area (Å²) in [5.74, 6) is 0.128. The monoisotopic (exact) mass is 224 g/mol. The number of carbonyl (C=O) groups excluding carboxylic acids is 1. The number of rotatable bonds is 8. The van der Waals surface area contributed by atoms with Crippen LogP contribution in [0.15, 0.2) is 24.5 Å². The van der Waals surface area contributed by atoms with Gasteiger partial charge in [-0.3, -0.25) is 4.79 Å². The van der Waals surface area contributed by atoms with Crippen molar-refractivity contribution in [1.82, 2.24) is 9.88 Å². The van der Waals surface area contributed by atoms with Crippen LogP contribution in [-0.2, 0) is 16.1 Å². The standard InChI is InChI=1S/C12H20N2O2/c1-16-11-5-7-13-12(15)6-4-10-14-8-2-3-9-14/h2-3,8-9H,4-7,10-11H2,1H3,(H,13,15). The summed E-state index contributed by atoms with van der Waals surface area (Å²) in [6.07, 6.45) is 6.36. The third kappa shape index (κ3) is 5.56. The van der Waals surface area contributed by atoms with Gasteiger partial charge in [0.05, 0.1) is 0 Å². The molecule has 0 saturated heterocycles. The van der Waals surface area contributed by atoms with Crippen LogP contribution >= 0.6 is 0 Å². The van der Waals surface area contributed by atoms with E-state index in [1.54, 1.807) is 7.11 Å². The maximum absolute atomic E-state index is 11.4. The molecule has 0 fully saturated rings. The smallest absolute Gasteiger partial charge is 0.220 e. The molecule has 1 aromatic heterocycles. The Labute approximate surface area is 96.6 Å². The van der Waals surface area contributed by atoms with Crippen LogP contribution in [0.5, 0.6) is 0 Å². The third-order valence-corrected chi connectivity index (χ3v) is 2.33. The van der Waals surface area contributed by atoms with Crippen LogP contribution in [0.25, 0.3) is 0 Å². The van der Waals surface area contributed by atoms with E-state index in [-0.39, 0.29) is 5.91 Å². The fraction of sp³-hybridized carbons (Fsp3) is 0.583. The zero-order valence-electron chi connectivity index (χ0n) is 9.82. The molecule has 0 unspecified atom stereocenters. The number of aromatic nitrogens is 1. The predicted molar refractivity (Wildman–Crippen MR) is 63.2 cm³/mol. The van der Waals surface area contributed by atoms with Crippen LogP contribution in [0.1, 0.15) is 19.3 Å². The van der Waals surface area contributed by atoms with E-state index in [0.717, 1.165) is 19.4 Å². The summed E-state index contributed by atoms with van der Waals surface area (Å²) in [5, 5.41) is 2.87. The Kier molecular flexibility index (Phi) is 6.33. The molecule has 1 amide bonds. The summed E-state index contributed by atoms with van der Waals surface area (Å²) >= 11 is 0. The van der Waals surface area contributed by atoms with Crippen molar-refractivity contribution < 1.29 is 9.53 Å². The first-order chi connectivity index (χ1) is 7.83. The maximum atomic E-state index is 11.4. The molecule has 0 aromatic carbocycles. The summed E-state index contributed by atoms with van der Waals surface area (Å²) in [5.41, 5.74) is 0. The Bertz CT molecular complexity index is 283. The van der Waals surface area contributed by atoms with Gasteiger partial charge in [-0.15, -0.1) is 0 Å². The van der Waals surface area contributed by atoms with Crippen molar-refractivity contribution >= 4 is 5.91 Å². The van der Waals surface area contributed by atoms with Crippen molar-refractivity contribution in [3.05, 3.63) is 24.5 Å². The van der Waals surface area contributed by atoms with Crippen molar-refractivity contribution in [3.63, 3.8) is 0 Å². The van der Waals surface area contributed by atoms with Crippen LogP contribution in [0.3, 0.4) is 0 Å². The second-order valence-corrected chi connectivity index (χ2v) is 3.72. The first-order valence-corrected chi connectivity index (χ1v) is 5.69. The summed E-state index contributed by atoms with van der Waals surface area (Å²) in [6, 6.07) is 3.98. The number of nitrogens with zero attached hydrogens (tertiary/aromatic N) is 1. The SMILES string of the molecule is COCCCNC(=O)CCCn1cccc1. The normalized spacial score (nSPS) is 10.3. The van der Waals surface area contributed by atoms with Crippen LogP contribution < -0.4 is 5.32 Å². The Hall–Kier alpha value is -1.29. The van der Waals surface area contributed by atoms with Gasteiger partial charge in [0, 0.05) is 45.6 Å². The maximum Gasteiger partial charge on any atom is 0.220 e. The quantitative estimate of drug-likeness (QED) is 0.679. The molecular weight excluding hydrogens is 204 g/mol. The van der Waals surface area contributed by atoms with E-state index in [9.17, 15) is 4.79 Å². The summed E-state index contributed by atoms with van der Waals surface area (Å²) in [7, 11) is 1.67. The van der Waals surface area contributed by atoms with Crippen LogP contribution in [0.4, 0.5) is 0 Å². The molecule has 1 heterocycles. The van der Waals surface area contributed by atoms with E-state index in [4.69, 9.17) is 4.74 Å². The molecule has 0 aliphatic carbocycles. The minimum atomic E-state index is 0.128. The summed E-state index contributed by atoms with van der Waals surface area (Å²) in [4.78, 5) is 11.4. The molecular formula is C12H20N2O2. The number of amides is 1. The number of hydrogen-bond acceptors (Lipinski definition) is 2. The van der Waals surface area contributed by atoms with Gasteiger partial charge in [-0.25, -0.2) is 0 Å². The Morgan fingerprint density at radius 1 is 1.31 bits per heavy atom. The minimum Gasteiger partial charge on any atom is -0.385 e.